The Kier molecular flexibility index (Phi) is 4.04. The summed E-state index contributed by atoms with van der Waals surface area (Å²) in [5.74, 6) is 1.83. The maximum Gasteiger partial charge on any atom is 0.224 e. The van der Waals surface area contributed by atoms with Gasteiger partial charge in [0.1, 0.15) is 5.75 Å². The molecule has 0 aliphatic rings. The summed E-state index contributed by atoms with van der Waals surface area (Å²) in [6.45, 7) is 6.10. The molecule has 1 heterocycles. The standard InChI is InChI=1S/C14H16BrN3O/c1-8(2)11-7-10(15)4-5-12(11)19-13-6-9(3)17-14(16)18-13/h4-8H,1-3H3,(H2,16,17,18). The van der Waals surface area contributed by atoms with Gasteiger partial charge in [0.15, 0.2) is 0 Å². The number of rotatable bonds is 3. The van der Waals surface area contributed by atoms with E-state index in [4.69, 9.17) is 10.5 Å². The number of aryl methyl sites for hydroxylation is 1. The molecule has 0 aliphatic carbocycles. The highest BCUT2D eigenvalue weighted by molar-refractivity contribution is 9.10. The highest BCUT2D eigenvalue weighted by atomic mass is 79.9. The molecular weight excluding hydrogens is 306 g/mol. The van der Waals surface area contributed by atoms with Crippen molar-refractivity contribution in [2.75, 3.05) is 5.73 Å². The zero-order valence-electron chi connectivity index (χ0n) is 11.1. The summed E-state index contributed by atoms with van der Waals surface area (Å²) >= 11 is 3.47. The first-order valence-corrected chi connectivity index (χ1v) is 6.83. The Morgan fingerprint density at radius 2 is 1.95 bits per heavy atom. The molecule has 19 heavy (non-hydrogen) atoms. The fraction of sp³-hybridized carbons (Fsp3) is 0.286. The molecule has 1 aromatic heterocycles. The number of ether oxygens (including phenoxy) is 1. The minimum atomic E-state index is 0.221. The van der Waals surface area contributed by atoms with Gasteiger partial charge in [-0.3, -0.25) is 0 Å². The number of hydrogen-bond donors (Lipinski definition) is 1. The number of anilines is 1. The average Bonchev–Trinajstić information content (AvgIpc) is 2.30. The van der Waals surface area contributed by atoms with Crippen molar-refractivity contribution in [2.45, 2.75) is 26.7 Å². The van der Waals surface area contributed by atoms with Crippen LogP contribution in [0.15, 0.2) is 28.7 Å². The highest BCUT2D eigenvalue weighted by Crippen LogP contribution is 2.32. The fourth-order valence-electron chi connectivity index (χ4n) is 1.79. The van der Waals surface area contributed by atoms with Gasteiger partial charge in [0.05, 0.1) is 0 Å². The predicted molar refractivity (Wildman–Crippen MR) is 79.5 cm³/mol. The van der Waals surface area contributed by atoms with Crippen molar-refractivity contribution in [3.05, 3.63) is 40.0 Å². The molecule has 2 aromatic rings. The number of nitrogen functional groups attached to an aromatic ring is 1. The molecule has 5 heteroatoms. The number of aromatic nitrogens is 2. The van der Waals surface area contributed by atoms with Gasteiger partial charge in [-0.2, -0.15) is 4.98 Å². The van der Waals surface area contributed by atoms with Crippen molar-refractivity contribution < 1.29 is 4.74 Å². The Hall–Kier alpha value is -1.62. The lowest BCUT2D eigenvalue weighted by Gasteiger charge is -2.14. The van der Waals surface area contributed by atoms with Crippen molar-refractivity contribution in [3.8, 4) is 11.6 Å². The van der Waals surface area contributed by atoms with E-state index in [1.54, 1.807) is 6.07 Å². The number of nitrogens with zero attached hydrogens (tertiary/aromatic N) is 2. The quantitative estimate of drug-likeness (QED) is 0.926. The van der Waals surface area contributed by atoms with Crippen LogP contribution in [0.2, 0.25) is 0 Å². The normalized spacial score (nSPS) is 10.8. The van der Waals surface area contributed by atoms with Gasteiger partial charge in [-0.25, -0.2) is 4.98 Å². The third-order valence-electron chi connectivity index (χ3n) is 2.66. The first-order chi connectivity index (χ1) is 8.95. The number of hydrogen-bond acceptors (Lipinski definition) is 4. The molecule has 0 amide bonds. The largest absolute Gasteiger partial charge is 0.439 e. The molecule has 0 bridgehead atoms. The van der Waals surface area contributed by atoms with Gasteiger partial charge < -0.3 is 10.5 Å². The van der Waals surface area contributed by atoms with Crippen molar-refractivity contribution in [1.82, 2.24) is 9.97 Å². The maximum absolute atomic E-state index is 5.84. The van der Waals surface area contributed by atoms with E-state index in [2.05, 4.69) is 45.8 Å². The zero-order valence-corrected chi connectivity index (χ0v) is 12.7. The topological polar surface area (TPSA) is 61.0 Å². The fourth-order valence-corrected chi connectivity index (χ4v) is 2.17. The Morgan fingerprint density at radius 1 is 1.21 bits per heavy atom. The Labute approximate surface area is 121 Å². The van der Waals surface area contributed by atoms with Gasteiger partial charge in [-0.15, -0.1) is 0 Å². The van der Waals surface area contributed by atoms with E-state index in [9.17, 15) is 0 Å². The van der Waals surface area contributed by atoms with Gasteiger partial charge in [-0.1, -0.05) is 29.8 Å². The second-order valence-electron chi connectivity index (χ2n) is 4.64. The van der Waals surface area contributed by atoms with Crippen LogP contribution in [-0.2, 0) is 0 Å². The molecule has 2 rings (SSSR count). The van der Waals surface area contributed by atoms with Crippen molar-refractivity contribution >= 4 is 21.9 Å². The van der Waals surface area contributed by atoms with Crippen LogP contribution in [0.4, 0.5) is 5.95 Å². The van der Waals surface area contributed by atoms with E-state index >= 15 is 0 Å². The van der Waals surface area contributed by atoms with Crippen molar-refractivity contribution in [1.29, 1.82) is 0 Å². The van der Waals surface area contributed by atoms with E-state index in [-0.39, 0.29) is 5.95 Å². The van der Waals surface area contributed by atoms with Gasteiger partial charge in [0.25, 0.3) is 0 Å². The zero-order chi connectivity index (χ0) is 14.0. The van der Waals surface area contributed by atoms with Crippen LogP contribution in [0, 0.1) is 6.92 Å². The smallest absolute Gasteiger partial charge is 0.224 e. The molecular formula is C14H16BrN3O. The molecule has 100 valence electrons. The first-order valence-electron chi connectivity index (χ1n) is 6.04. The minimum Gasteiger partial charge on any atom is -0.439 e. The molecule has 0 saturated carbocycles. The molecule has 1 aromatic carbocycles. The number of benzene rings is 1. The predicted octanol–water partition coefficient (Wildman–Crippen LogP) is 4.05. The summed E-state index contributed by atoms with van der Waals surface area (Å²) in [6.07, 6.45) is 0. The van der Waals surface area contributed by atoms with Gasteiger partial charge in [0.2, 0.25) is 11.8 Å². The Bertz CT molecular complexity index is 579. The molecule has 2 N–H and O–H groups in total. The molecule has 0 unspecified atom stereocenters. The summed E-state index contributed by atoms with van der Waals surface area (Å²) in [4.78, 5) is 8.11. The lowest BCUT2D eigenvalue weighted by Crippen LogP contribution is -2.00. The summed E-state index contributed by atoms with van der Waals surface area (Å²) < 4.78 is 6.87. The molecule has 0 fully saturated rings. The van der Waals surface area contributed by atoms with Crippen molar-refractivity contribution in [2.24, 2.45) is 0 Å². The van der Waals surface area contributed by atoms with Crippen LogP contribution >= 0.6 is 15.9 Å². The van der Waals surface area contributed by atoms with E-state index in [1.165, 1.54) is 0 Å². The lowest BCUT2D eigenvalue weighted by molar-refractivity contribution is 0.453. The van der Waals surface area contributed by atoms with Gasteiger partial charge in [0, 0.05) is 16.2 Å². The van der Waals surface area contributed by atoms with E-state index < -0.39 is 0 Å². The second-order valence-corrected chi connectivity index (χ2v) is 5.56. The van der Waals surface area contributed by atoms with E-state index in [1.807, 2.05) is 19.1 Å². The van der Waals surface area contributed by atoms with Crippen LogP contribution in [0.1, 0.15) is 31.0 Å². The second kappa shape index (κ2) is 5.57. The SMILES string of the molecule is Cc1cc(Oc2ccc(Br)cc2C(C)C)nc(N)n1. The Morgan fingerprint density at radius 3 is 2.58 bits per heavy atom. The molecule has 0 atom stereocenters. The summed E-state index contributed by atoms with van der Waals surface area (Å²) in [7, 11) is 0. The van der Waals surface area contributed by atoms with Crippen molar-refractivity contribution in [3.63, 3.8) is 0 Å². The summed E-state index contributed by atoms with van der Waals surface area (Å²) in [5.41, 5.74) is 7.52. The van der Waals surface area contributed by atoms with Crippen LogP contribution in [0.3, 0.4) is 0 Å². The van der Waals surface area contributed by atoms with E-state index in [0.717, 1.165) is 21.5 Å². The summed E-state index contributed by atoms with van der Waals surface area (Å²) in [6, 6.07) is 7.69. The van der Waals surface area contributed by atoms with Crippen LogP contribution < -0.4 is 10.5 Å². The van der Waals surface area contributed by atoms with Gasteiger partial charge in [-0.05, 0) is 36.6 Å². The Balaban J connectivity index is 2.37. The van der Waals surface area contributed by atoms with Gasteiger partial charge >= 0.3 is 0 Å². The summed E-state index contributed by atoms with van der Waals surface area (Å²) in [5, 5.41) is 0. The van der Waals surface area contributed by atoms with E-state index in [0.29, 0.717) is 11.8 Å². The number of halogens is 1. The maximum atomic E-state index is 5.84. The average molecular weight is 322 g/mol. The van der Waals surface area contributed by atoms with Crippen LogP contribution in [-0.4, -0.2) is 9.97 Å². The minimum absolute atomic E-state index is 0.221. The number of nitrogens with two attached hydrogens (primary N) is 1. The van der Waals surface area contributed by atoms with Crippen LogP contribution in [0.25, 0.3) is 0 Å². The molecule has 0 saturated heterocycles. The monoisotopic (exact) mass is 321 g/mol. The third-order valence-corrected chi connectivity index (χ3v) is 3.15. The molecule has 0 radical (unpaired) electrons. The first kappa shape index (κ1) is 13.8. The third kappa shape index (κ3) is 3.44. The molecule has 0 spiro atoms. The highest BCUT2D eigenvalue weighted by Gasteiger charge is 2.11. The molecule has 0 aliphatic heterocycles. The lowest BCUT2D eigenvalue weighted by atomic mass is 10.0. The molecule has 4 nitrogen and oxygen atoms in total. The van der Waals surface area contributed by atoms with Crippen LogP contribution in [0.5, 0.6) is 11.6 Å².